The molecule has 1 aliphatic rings. The fourth-order valence-corrected chi connectivity index (χ4v) is 1.39. The van der Waals surface area contributed by atoms with Gasteiger partial charge in [-0.2, -0.15) is 0 Å². The SMILES string of the molecule is C#CC(F)C1CCCC1. The Morgan fingerprint density at radius 3 is 2.44 bits per heavy atom. The standard InChI is InChI=1S/C8H11F/c1-2-8(9)7-5-3-4-6-7/h1,7-8H,3-6H2. The number of halogens is 1. The van der Waals surface area contributed by atoms with E-state index in [9.17, 15) is 4.39 Å². The lowest BCUT2D eigenvalue weighted by molar-refractivity contribution is 0.295. The van der Waals surface area contributed by atoms with Crippen molar-refractivity contribution in [2.24, 2.45) is 5.92 Å². The van der Waals surface area contributed by atoms with Crippen LogP contribution in [0, 0.1) is 18.3 Å². The summed E-state index contributed by atoms with van der Waals surface area (Å²) in [5.41, 5.74) is 0. The molecule has 0 saturated heterocycles. The van der Waals surface area contributed by atoms with Gasteiger partial charge in [-0.05, 0) is 12.8 Å². The summed E-state index contributed by atoms with van der Waals surface area (Å²) in [6, 6.07) is 0. The first-order valence-electron chi connectivity index (χ1n) is 3.45. The van der Waals surface area contributed by atoms with Crippen molar-refractivity contribution in [3.63, 3.8) is 0 Å². The molecule has 0 amide bonds. The van der Waals surface area contributed by atoms with Crippen molar-refractivity contribution in [2.75, 3.05) is 0 Å². The minimum atomic E-state index is -0.979. The largest absolute Gasteiger partial charge is 0.233 e. The molecule has 1 fully saturated rings. The van der Waals surface area contributed by atoms with Gasteiger partial charge >= 0.3 is 0 Å². The van der Waals surface area contributed by atoms with Gasteiger partial charge in [0.2, 0.25) is 0 Å². The number of terminal acetylenes is 1. The average Bonchev–Trinajstić information content (AvgIpc) is 2.37. The molecule has 9 heavy (non-hydrogen) atoms. The molecule has 0 aliphatic heterocycles. The number of hydrogen-bond donors (Lipinski definition) is 0. The Balaban J connectivity index is 2.34. The highest BCUT2D eigenvalue weighted by molar-refractivity contribution is 4.98. The molecular weight excluding hydrogens is 115 g/mol. The normalized spacial score (nSPS) is 23.6. The van der Waals surface area contributed by atoms with E-state index < -0.39 is 6.17 Å². The minimum Gasteiger partial charge on any atom is -0.233 e. The third-order valence-corrected chi connectivity index (χ3v) is 1.97. The van der Waals surface area contributed by atoms with Crippen molar-refractivity contribution < 1.29 is 4.39 Å². The van der Waals surface area contributed by atoms with Gasteiger partial charge in [-0.1, -0.05) is 18.8 Å². The Labute approximate surface area is 55.5 Å². The van der Waals surface area contributed by atoms with E-state index in [2.05, 4.69) is 5.92 Å². The summed E-state index contributed by atoms with van der Waals surface area (Å²) in [6.45, 7) is 0. The first-order valence-corrected chi connectivity index (χ1v) is 3.45. The smallest absolute Gasteiger partial charge is 0.163 e. The number of rotatable bonds is 1. The first-order chi connectivity index (χ1) is 4.34. The van der Waals surface area contributed by atoms with Crippen molar-refractivity contribution in [3.8, 4) is 12.3 Å². The van der Waals surface area contributed by atoms with Gasteiger partial charge in [0.25, 0.3) is 0 Å². The van der Waals surface area contributed by atoms with E-state index in [1.54, 1.807) is 0 Å². The molecule has 0 spiro atoms. The van der Waals surface area contributed by atoms with Crippen LogP contribution in [0.4, 0.5) is 4.39 Å². The molecule has 0 N–H and O–H groups in total. The Bertz CT molecular complexity index is 117. The van der Waals surface area contributed by atoms with Crippen LogP contribution < -0.4 is 0 Å². The number of hydrogen-bond acceptors (Lipinski definition) is 0. The van der Waals surface area contributed by atoms with Gasteiger partial charge in [0.15, 0.2) is 6.17 Å². The third kappa shape index (κ3) is 1.45. The van der Waals surface area contributed by atoms with E-state index in [0.29, 0.717) is 0 Å². The van der Waals surface area contributed by atoms with Gasteiger partial charge in [-0.25, -0.2) is 4.39 Å². The fourth-order valence-electron chi connectivity index (χ4n) is 1.39. The van der Waals surface area contributed by atoms with Crippen LogP contribution in [0.1, 0.15) is 25.7 Å². The van der Waals surface area contributed by atoms with E-state index in [4.69, 9.17) is 6.42 Å². The van der Waals surface area contributed by atoms with Gasteiger partial charge < -0.3 is 0 Å². The topological polar surface area (TPSA) is 0 Å². The molecule has 0 radical (unpaired) electrons. The van der Waals surface area contributed by atoms with Crippen LogP contribution in [-0.2, 0) is 0 Å². The summed E-state index contributed by atoms with van der Waals surface area (Å²) in [7, 11) is 0. The lowest BCUT2D eigenvalue weighted by atomic mass is 10.0. The van der Waals surface area contributed by atoms with Crippen molar-refractivity contribution in [1.29, 1.82) is 0 Å². The quantitative estimate of drug-likeness (QED) is 0.472. The van der Waals surface area contributed by atoms with Crippen molar-refractivity contribution in [1.82, 2.24) is 0 Å². The Morgan fingerprint density at radius 2 is 2.00 bits per heavy atom. The van der Waals surface area contributed by atoms with Gasteiger partial charge in [-0.3, -0.25) is 0 Å². The zero-order valence-electron chi connectivity index (χ0n) is 5.44. The van der Waals surface area contributed by atoms with Gasteiger partial charge in [0.1, 0.15) is 0 Å². The van der Waals surface area contributed by atoms with Crippen LogP contribution in [0.2, 0.25) is 0 Å². The van der Waals surface area contributed by atoms with Gasteiger partial charge in [-0.15, -0.1) is 6.42 Å². The second-order valence-electron chi connectivity index (χ2n) is 2.61. The minimum absolute atomic E-state index is 0.176. The lowest BCUT2D eigenvalue weighted by Crippen LogP contribution is -2.08. The molecular formula is C8H11F. The molecule has 1 heteroatoms. The van der Waals surface area contributed by atoms with E-state index in [1.165, 1.54) is 0 Å². The molecule has 0 aromatic rings. The van der Waals surface area contributed by atoms with Crippen molar-refractivity contribution in [3.05, 3.63) is 0 Å². The van der Waals surface area contributed by atoms with E-state index in [-0.39, 0.29) is 5.92 Å². The molecule has 1 atom stereocenters. The van der Waals surface area contributed by atoms with E-state index in [0.717, 1.165) is 25.7 Å². The summed E-state index contributed by atoms with van der Waals surface area (Å²) in [5, 5.41) is 0. The highest BCUT2D eigenvalue weighted by Gasteiger charge is 2.22. The summed E-state index contributed by atoms with van der Waals surface area (Å²) in [4.78, 5) is 0. The van der Waals surface area contributed by atoms with Crippen LogP contribution in [0.15, 0.2) is 0 Å². The number of alkyl halides is 1. The zero-order chi connectivity index (χ0) is 6.69. The molecule has 0 aromatic heterocycles. The fraction of sp³-hybridized carbons (Fsp3) is 0.750. The van der Waals surface area contributed by atoms with Crippen molar-refractivity contribution in [2.45, 2.75) is 31.9 Å². The van der Waals surface area contributed by atoms with E-state index >= 15 is 0 Å². The van der Waals surface area contributed by atoms with Gasteiger partial charge in [0.05, 0.1) is 0 Å². The second-order valence-corrected chi connectivity index (χ2v) is 2.61. The monoisotopic (exact) mass is 126 g/mol. The van der Waals surface area contributed by atoms with Crippen LogP contribution in [0.3, 0.4) is 0 Å². The highest BCUT2D eigenvalue weighted by atomic mass is 19.1. The maximum atomic E-state index is 12.6. The van der Waals surface area contributed by atoms with E-state index in [1.807, 2.05) is 0 Å². The van der Waals surface area contributed by atoms with Crippen molar-refractivity contribution >= 4 is 0 Å². The predicted molar refractivity (Wildman–Crippen MR) is 35.7 cm³/mol. The highest BCUT2D eigenvalue weighted by Crippen LogP contribution is 2.28. The van der Waals surface area contributed by atoms with Crippen LogP contribution >= 0.6 is 0 Å². The lowest BCUT2D eigenvalue weighted by Gasteiger charge is -2.06. The molecule has 0 heterocycles. The molecule has 1 unspecified atom stereocenters. The maximum Gasteiger partial charge on any atom is 0.163 e. The molecule has 1 rings (SSSR count). The summed E-state index contributed by atoms with van der Waals surface area (Å²) < 4.78 is 12.6. The Kier molecular flexibility index (Phi) is 2.10. The summed E-state index contributed by atoms with van der Waals surface area (Å²) >= 11 is 0. The Hall–Kier alpha value is -0.510. The zero-order valence-corrected chi connectivity index (χ0v) is 5.44. The molecule has 1 aliphatic carbocycles. The second kappa shape index (κ2) is 2.87. The van der Waals surface area contributed by atoms with Gasteiger partial charge in [0, 0.05) is 5.92 Å². The summed E-state index contributed by atoms with van der Waals surface area (Å²) in [6.07, 6.45) is 8.25. The molecule has 0 nitrogen and oxygen atoms in total. The Morgan fingerprint density at radius 1 is 1.44 bits per heavy atom. The first kappa shape index (κ1) is 6.61. The molecule has 1 saturated carbocycles. The predicted octanol–water partition coefficient (Wildman–Crippen LogP) is 2.15. The molecule has 0 bridgehead atoms. The maximum absolute atomic E-state index is 12.6. The summed E-state index contributed by atoms with van der Waals surface area (Å²) in [5.74, 6) is 2.32. The third-order valence-electron chi connectivity index (χ3n) is 1.97. The van der Waals surface area contributed by atoms with Crippen LogP contribution in [0.5, 0.6) is 0 Å². The van der Waals surface area contributed by atoms with Crippen LogP contribution in [-0.4, -0.2) is 6.17 Å². The average molecular weight is 126 g/mol. The van der Waals surface area contributed by atoms with Crippen LogP contribution in [0.25, 0.3) is 0 Å². The molecule has 50 valence electrons. The molecule has 0 aromatic carbocycles.